The van der Waals surface area contributed by atoms with Crippen molar-refractivity contribution < 1.29 is 31.7 Å². The van der Waals surface area contributed by atoms with Gasteiger partial charge in [0.05, 0.1) is 29.6 Å². The first-order valence-corrected chi connectivity index (χ1v) is 14.5. The van der Waals surface area contributed by atoms with Crippen LogP contribution in [0.2, 0.25) is 0 Å². The van der Waals surface area contributed by atoms with Crippen LogP contribution in [0.4, 0.5) is 18.9 Å². The molecule has 43 heavy (non-hydrogen) atoms. The number of terminal acetylenes is 1. The van der Waals surface area contributed by atoms with Gasteiger partial charge in [-0.25, -0.2) is 4.21 Å². The lowest BCUT2D eigenvalue weighted by Gasteiger charge is -2.19. The zero-order chi connectivity index (χ0) is 32.9. The molecule has 2 aromatic rings. The largest absolute Gasteiger partial charge is 0.505 e. The van der Waals surface area contributed by atoms with Crippen molar-refractivity contribution in [3.63, 3.8) is 0 Å². The minimum Gasteiger partial charge on any atom is -0.505 e. The third kappa shape index (κ3) is 12.1. The molecule has 1 aliphatic rings. The fourth-order valence-corrected chi connectivity index (χ4v) is 4.17. The van der Waals surface area contributed by atoms with Gasteiger partial charge in [0, 0.05) is 14.1 Å². The molecule has 1 aromatic carbocycles. The number of halogens is 3. The zero-order valence-electron chi connectivity index (χ0n) is 25.6. The number of aryl methyl sites for hydroxylation is 1. The van der Waals surface area contributed by atoms with E-state index in [0.717, 1.165) is 48.3 Å². The number of hydrogen-bond acceptors (Lipinski definition) is 7. The second kappa shape index (κ2) is 17.3. The number of unbranched alkanes of at least 4 members (excludes halogenated alkanes) is 1. The Hall–Kier alpha value is -3.83. The topological polar surface area (TPSA) is 123 Å². The second-order valence-electron chi connectivity index (χ2n) is 10.6. The fourth-order valence-electron chi connectivity index (χ4n) is 3.53. The van der Waals surface area contributed by atoms with Gasteiger partial charge in [0.1, 0.15) is 5.76 Å². The molecular weight excluding hydrogens is 585 g/mol. The number of anilines is 1. The van der Waals surface area contributed by atoms with Crippen LogP contribution in [0.25, 0.3) is 0 Å². The molecule has 1 atom stereocenters. The Labute approximate surface area is 254 Å². The number of nitrogens with one attached hydrogen (secondary N) is 2. The van der Waals surface area contributed by atoms with Gasteiger partial charge in [0.25, 0.3) is 17.1 Å². The third-order valence-electron chi connectivity index (χ3n) is 5.38. The first-order chi connectivity index (χ1) is 20.1. The van der Waals surface area contributed by atoms with Crippen LogP contribution in [0.15, 0.2) is 37.7 Å². The predicted molar refractivity (Wildman–Crippen MR) is 165 cm³/mol. The average molecular weight is 627 g/mol. The van der Waals surface area contributed by atoms with E-state index in [1.807, 2.05) is 20.2 Å². The number of carbonyl (C=O) groups excluding carboxylic acids is 1. The van der Waals surface area contributed by atoms with Crippen LogP contribution < -0.4 is 10.6 Å². The van der Waals surface area contributed by atoms with Crippen molar-refractivity contribution in [2.75, 3.05) is 40.1 Å². The summed E-state index contributed by atoms with van der Waals surface area (Å²) in [6, 6.07) is 3.53. The van der Waals surface area contributed by atoms with Crippen LogP contribution in [-0.4, -0.2) is 71.4 Å². The van der Waals surface area contributed by atoms with E-state index in [1.165, 1.54) is 14.1 Å². The number of nitrogens with zero attached hydrogens (tertiary/aromatic N) is 4. The molecule has 1 aliphatic heterocycles. The van der Waals surface area contributed by atoms with Crippen LogP contribution in [0, 0.1) is 18.8 Å². The van der Waals surface area contributed by atoms with Crippen molar-refractivity contribution in [3.8, 4) is 18.6 Å². The van der Waals surface area contributed by atoms with E-state index in [2.05, 4.69) is 57.9 Å². The predicted octanol–water partition coefficient (Wildman–Crippen LogP) is 5.09. The number of benzene rings is 1. The van der Waals surface area contributed by atoms with E-state index in [-0.39, 0.29) is 23.9 Å². The molecule has 0 radical (unpaired) electrons. The van der Waals surface area contributed by atoms with Gasteiger partial charge in [-0.15, -0.1) is 21.6 Å². The van der Waals surface area contributed by atoms with Crippen LogP contribution >= 0.6 is 0 Å². The molecule has 10 nitrogen and oxygen atoms in total. The minimum absolute atomic E-state index is 0.0575. The highest BCUT2D eigenvalue weighted by molar-refractivity contribution is 7.83. The lowest BCUT2D eigenvalue weighted by Crippen LogP contribution is -2.33. The Kier molecular flexibility index (Phi) is 15.0. The summed E-state index contributed by atoms with van der Waals surface area (Å²) in [5.41, 5.74) is -1.40. The van der Waals surface area contributed by atoms with Crippen molar-refractivity contribution in [1.29, 1.82) is 0 Å². The van der Waals surface area contributed by atoms with Crippen molar-refractivity contribution in [3.05, 3.63) is 46.9 Å². The van der Waals surface area contributed by atoms with E-state index >= 15 is 0 Å². The molecule has 0 bridgehead atoms. The number of hydrogen-bond donors (Lipinski definition) is 3. The Bertz CT molecular complexity index is 1310. The average Bonchev–Trinajstić information content (AvgIpc) is 3.51. The standard InChI is InChI=1S/C23H29F3N6O4S.C4H10.C2H2/c1-31(2)10-6-5-7-14-11-15(36-13-14)12-27-20-21(30-37(35)29-20)28-17-9-8-16(23(24,25)26)18(19(17)33)22(34)32(3)4;1-4(2)3;1-2/h8-9,11,13,33H,5-7,10,12H2,1-4H3,(H,27,29)(H,28,30);4H,1-3H3;1-2H. The fraction of sp³-hybridized carbons (Fsp3) is 0.483. The van der Waals surface area contributed by atoms with Gasteiger partial charge in [0.2, 0.25) is 0 Å². The highest BCUT2D eigenvalue weighted by atomic mass is 32.2. The molecular formula is C29H41F3N6O4S. The number of alkyl halides is 3. The Morgan fingerprint density at radius 3 is 2.26 bits per heavy atom. The molecule has 0 spiro atoms. The molecule has 238 valence electrons. The molecule has 3 N–H and O–H groups in total. The number of amides is 1. The third-order valence-corrected chi connectivity index (χ3v) is 6.06. The molecule has 0 saturated heterocycles. The monoisotopic (exact) mass is 626 g/mol. The highest BCUT2D eigenvalue weighted by Gasteiger charge is 2.38. The van der Waals surface area contributed by atoms with Gasteiger partial charge < -0.3 is 30.0 Å². The van der Waals surface area contributed by atoms with Crippen LogP contribution in [0.1, 0.15) is 60.9 Å². The number of phenolic OH excluding ortho intramolecular Hbond substituents is 1. The summed E-state index contributed by atoms with van der Waals surface area (Å²) < 4.78 is 65.6. The van der Waals surface area contributed by atoms with Gasteiger partial charge in [-0.1, -0.05) is 20.8 Å². The molecule has 0 aliphatic carbocycles. The summed E-state index contributed by atoms with van der Waals surface area (Å²) in [7, 11) is 6.58. The summed E-state index contributed by atoms with van der Waals surface area (Å²) >= 11 is -1.99. The van der Waals surface area contributed by atoms with Gasteiger partial charge in [-0.2, -0.15) is 13.2 Å². The van der Waals surface area contributed by atoms with Crippen LogP contribution in [-0.2, 0) is 30.3 Å². The Balaban J connectivity index is 0.00000142. The molecule has 14 heteroatoms. The van der Waals surface area contributed by atoms with Gasteiger partial charge in [-0.3, -0.25) is 4.79 Å². The lowest BCUT2D eigenvalue weighted by atomic mass is 10.0. The molecule has 3 rings (SSSR count). The Morgan fingerprint density at radius 1 is 1.09 bits per heavy atom. The number of furan rings is 1. The van der Waals surface area contributed by atoms with Crippen molar-refractivity contribution in [2.24, 2.45) is 14.7 Å². The maximum absolute atomic E-state index is 13.5. The lowest BCUT2D eigenvalue weighted by molar-refractivity contribution is -0.138. The zero-order valence-corrected chi connectivity index (χ0v) is 26.4. The maximum atomic E-state index is 13.5. The van der Waals surface area contributed by atoms with E-state index in [4.69, 9.17) is 4.42 Å². The van der Waals surface area contributed by atoms with Crippen molar-refractivity contribution in [1.82, 2.24) is 15.1 Å². The summed E-state index contributed by atoms with van der Waals surface area (Å²) in [4.78, 5) is 15.5. The molecule has 0 saturated carbocycles. The first kappa shape index (κ1) is 37.2. The minimum atomic E-state index is -4.87. The van der Waals surface area contributed by atoms with Crippen molar-refractivity contribution in [2.45, 2.75) is 52.8 Å². The number of carbonyl (C=O) groups is 1. The van der Waals surface area contributed by atoms with E-state index in [0.29, 0.717) is 11.8 Å². The summed E-state index contributed by atoms with van der Waals surface area (Å²) in [6.45, 7) is 7.68. The van der Waals surface area contributed by atoms with Crippen LogP contribution in [0.5, 0.6) is 5.75 Å². The summed E-state index contributed by atoms with van der Waals surface area (Å²) in [6.07, 6.45) is 7.71. The second-order valence-corrected chi connectivity index (χ2v) is 11.4. The number of amidine groups is 2. The molecule has 1 amide bonds. The molecule has 0 fully saturated rings. The van der Waals surface area contributed by atoms with Gasteiger partial charge in [0.15, 0.2) is 17.4 Å². The van der Waals surface area contributed by atoms with E-state index in [1.54, 1.807) is 6.26 Å². The highest BCUT2D eigenvalue weighted by Crippen LogP contribution is 2.40. The Morgan fingerprint density at radius 2 is 1.70 bits per heavy atom. The maximum Gasteiger partial charge on any atom is 0.417 e. The van der Waals surface area contributed by atoms with Crippen LogP contribution in [0.3, 0.4) is 0 Å². The summed E-state index contributed by atoms with van der Waals surface area (Å²) in [5, 5.41) is 16.1. The first-order valence-electron chi connectivity index (χ1n) is 13.4. The molecule has 2 heterocycles. The van der Waals surface area contributed by atoms with Gasteiger partial charge in [-0.05, 0) is 69.6 Å². The smallest absolute Gasteiger partial charge is 0.417 e. The SMILES string of the molecule is C#C.CC(C)C.CN(C)CCCCc1coc(CNC2=NS(=O)N=C2Nc2ccc(C(F)(F)F)c(C(=O)N(C)C)c2O)c1. The molecule has 1 unspecified atom stereocenters. The number of rotatable bonds is 9. The van der Waals surface area contributed by atoms with E-state index in [9.17, 15) is 27.3 Å². The normalized spacial score (nSPS) is 14.2. The quantitative estimate of drug-likeness (QED) is 0.201. The number of aromatic hydroxyl groups is 1. The molecule has 1 aromatic heterocycles. The van der Waals surface area contributed by atoms with Gasteiger partial charge >= 0.3 is 6.18 Å². The van der Waals surface area contributed by atoms with Crippen molar-refractivity contribution >= 4 is 34.4 Å². The van der Waals surface area contributed by atoms with E-state index < -0.39 is 40.1 Å². The number of phenols is 1. The summed E-state index contributed by atoms with van der Waals surface area (Å²) in [5.74, 6) is -0.543.